The number of halogens is 2. The number of nitrogens with one attached hydrogen (secondary N) is 1. The maximum Gasteiger partial charge on any atom is 0.256 e. The summed E-state index contributed by atoms with van der Waals surface area (Å²) in [4.78, 5) is 25.3. The molecule has 2 aliphatic rings. The van der Waals surface area contributed by atoms with Crippen LogP contribution in [0, 0.1) is 0 Å². The molecule has 4 atom stereocenters. The first-order valence-electron chi connectivity index (χ1n) is 9.63. The van der Waals surface area contributed by atoms with Crippen LogP contribution in [-0.2, 0) is 14.2 Å². The zero-order chi connectivity index (χ0) is 21.8. The van der Waals surface area contributed by atoms with Gasteiger partial charge in [-0.25, -0.2) is 19.3 Å². The molecule has 1 aromatic carbocycles. The molecule has 0 bridgehead atoms. The van der Waals surface area contributed by atoms with Crippen LogP contribution in [0.15, 0.2) is 43.0 Å². The second-order valence-electron chi connectivity index (χ2n) is 7.82. The molecule has 2 aromatic heterocycles. The number of alkyl halides is 2. The Kier molecular flexibility index (Phi) is 4.95. The fraction of sp³-hybridized carbons (Fsp3) is 0.400. The fourth-order valence-electron chi connectivity index (χ4n) is 3.89. The summed E-state index contributed by atoms with van der Waals surface area (Å²) in [5.41, 5.74) is 1.22. The number of amides is 1. The number of benzene rings is 1. The van der Waals surface area contributed by atoms with Crippen LogP contribution in [0.1, 0.15) is 30.4 Å². The molecule has 31 heavy (non-hydrogen) atoms. The Balaban J connectivity index is 1.50. The highest BCUT2D eigenvalue weighted by Crippen LogP contribution is 2.50. The van der Waals surface area contributed by atoms with Crippen LogP contribution in [-0.4, -0.2) is 53.7 Å². The lowest BCUT2D eigenvalue weighted by Gasteiger charge is -2.27. The van der Waals surface area contributed by atoms with E-state index in [4.69, 9.17) is 14.2 Å². The van der Waals surface area contributed by atoms with Crippen molar-refractivity contribution in [1.82, 2.24) is 19.5 Å². The van der Waals surface area contributed by atoms with Gasteiger partial charge in [0.2, 0.25) is 5.85 Å². The van der Waals surface area contributed by atoms with Gasteiger partial charge in [-0.3, -0.25) is 9.36 Å². The lowest BCUT2D eigenvalue weighted by atomic mass is 10.1. The summed E-state index contributed by atoms with van der Waals surface area (Å²) in [6.45, 7) is 3.47. The smallest absolute Gasteiger partial charge is 0.256 e. The van der Waals surface area contributed by atoms with Gasteiger partial charge in [0.15, 0.2) is 35.1 Å². The third-order valence-corrected chi connectivity index (χ3v) is 6.27. The van der Waals surface area contributed by atoms with Gasteiger partial charge in [-0.2, -0.15) is 0 Å². The van der Waals surface area contributed by atoms with E-state index in [1.54, 1.807) is 42.7 Å². The minimum atomic E-state index is -2.02. The van der Waals surface area contributed by atoms with Crippen molar-refractivity contribution in [1.29, 1.82) is 0 Å². The topological polar surface area (TPSA) is 100 Å². The molecule has 5 rings (SSSR count). The molecule has 0 saturated carbocycles. The summed E-state index contributed by atoms with van der Waals surface area (Å²) >= 11 is 1.93. The highest BCUT2D eigenvalue weighted by molar-refractivity contribution is 14.1. The normalized spacial score (nSPS) is 29.2. The van der Waals surface area contributed by atoms with E-state index in [-0.39, 0.29) is 16.2 Å². The Morgan fingerprint density at radius 1 is 1.19 bits per heavy atom. The first kappa shape index (κ1) is 20.7. The second kappa shape index (κ2) is 7.43. The van der Waals surface area contributed by atoms with E-state index >= 15 is 4.39 Å². The number of hydrogen-bond acceptors (Lipinski definition) is 7. The highest BCUT2D eigenvalue weighted by Gasteiger charge is 2.64. The van der Waals surface area contributed by atoms with Gasteiger partial charge in [0, 0.05) is 5.56 Å². The summed E-state index contributed by atoms with van der Waals surface area (Å²) in [6, 6.07) is 8.77. The predicted octanol–water partition coefficient (Wildman–Crippen LogP) is 3.23. The molecular formula is C20H19FIN5O4. The molecule has 0 aliphatic carbocycles. The molecule has 11 heteroatoms. The molecule has 9 nitrogen and oxygen atoms in total. The molecule has 2 aliphatic heterocycles. The molecule has 0 radical (unpaired) electrons. The third-order valence-electron chi connectivity index (χ3n) is 5.23. The number of nitrogens with zero attached hydrogens (tertiary/aromatic N) is 4. The molecule has 2 saturated heterocycles. The largest absolute Gasteiger partial charge is 0.340 e. The first-order valence-corrected chi connectivity index (χ1v) is 11.2. The Bertz CT molecular complexity index is 1140. The van der Waals surface area contributed by atoms with E-state index in [2.05, 4.69) is 20.3 Å². The molecule has 0 spiro atoms. The average molecular weight is 539 g/mol. The Hall–Kier alpha value is -2.22. The third kappa shape index (κ3) is 3.49. The van der Waals surface area contributed by atoms with Crippen molar-refractivity contribution in [3.05, 3.63) is 48.5 Å². The van der Waals surface area contributed by atoms with Gasteiger partial charge < -0.3 is 19.5 Å². The van der Waals surface area contributed by atoms with Crippen molar-refractivity contribution < 1.29 is 23.4 Å². The number of carbonyl (C=O) groups is 1. The van der Waals surface area contributed by atoms with Crippen molar-refractivity contribution in [2.45, 2.75) is 43.9 Å². The zero-order valence-electron chi connectivity index (χ0n) is 16.7. The number of fused-ring (bicyclic) bond motifs is 2. The molecule has 1 N–H and O–H groups in total. The molecule has 2 fully saturated rings. The van der Waals surface area contributed by atoms with Gasteiger partial charge in [0.25, 0.3) is 5.91 Å². The van der Waals surface area contributed by atoms with Crippen molar-refractivity contribution in [3.63, 3.8) is 0 Å². The van der Waals surface area contributed by atoms with Gasteiger partial charge in [-0.15, -0.1) is 0 Å². The second-order valence-corrected chi connectivity index (χ2v) is 8.58. The molecule has 162 valence electrons. The molecule has 4 heterocycles. The number of hydrogen-bond donors (Lipinski definition) is 1. The zero-order valence-corrected chi connectivity index (χ0v) is 18.8. The standard InChI is InChI=1S/C20H19FIN5O4/c1-19(2)29-13-14(30-19)20(21,8-22)31-18(13)27-10-25-12-15(23-9-24-16(12)27)26-17(28)11-6-4-3-5-7-11/h3-7,9-10,13-14,18H,8H2,1-2H3,(H,23,24,26,28)/t13?,14-,18-,20-/m1/s1. The molecule has 1 unspecified atom stereocenters. The Labute approximate surface area is 190 Å². The van der Waals surface area contributed by atoms with Crippen molar-refractivity contribution in [2.75, 3.05) is 9.74 Å². The first-order chi connectivity index (χ1) is 14.8. The van der Waals surface area contributed by atoms with Gasteiger partial charge >= 0.3 is 0 Å². The van der Waals surface area contributed by atoms with Crippen molar-refractivity contribution >= 4 is 45.5 Å². The molecule has 3 aromatic rings. The average Bonchev–Trinajstić information content (AvgIpc) is 3.40. The number of carbonyl (C=O) groups excluding carboxylic acids is 1. The van der Waals surface area contributed by atoms with Gasteiger partial charge in [0.1, 0.15) is 12.4 Å². The van der Waals surface area contributed by atoms with Crippen LogP contribution in [0.3, 0.4) is 0 Å². The number of ether oxygens (including phenoxy) is 3. The van der Waals surface area contributed by atoms with Crippen molar-refractivity contribution in [2.24, 2.45) is 0 Å². The highest BCUT2D eigenvalue weighted by atomic mass is 127. The minimum Gasteiger partial charge on any atom is -0.340 e. The Morgan fingerprint density at radius 2 is 1.97 bits per heavy atom. The maximum atomic E-state index is 15.5. The van der Waals surface area contributed by atoms with Gasteiger partial charge in [0.05, 0.1) is 10.8 Å². The summed E-state index contributed by atoms with van der Waals surface area (Å²) in [5, 5.41) is 2.75. The number of anilines is 1. The van der Waals surface area contributed by atoms with Crippen LogP contribution in [0.25, 0.3) is 11.2 Å². The number of rotatable bonds is 4. The monoisotopic (exact) mass is 539 g/mol. The van der Waals surface area contributed by atoms with Crippen LogP contribution in [0.5, 0.6) is 0 Å². The Morgan fingerprint density at radius 3 is 2.71 bits per heavy atom. The molecule has 1 amide bonds. The van der Waals surface area contributed by atoms with Crippen LogP contribution in [0.4, 0.5) is 10.2 Å². The summed E-state index contributed by atoms with van der Waals surface area (Å²) in [6.07, 6.45) is 0.367. The maximum absolute atomic E-state index is 15.5. The van der Waals surface area contributed by atoms with Crippen molar-refractivity contribution in [3.8, 4) is 0 Å². The van der Waals surface area contributed by atoms with E-state index in [0.29, 0.717) is 16.7 Å². The predicted molar refractivity (Wildman–Crippen MR) is 116 cm³/mol. The lowest BCUT2D eigenvalue weighted by Crippen LogP contribution is -2.40. The fourth-order valence-corrected chi connectivity index (χ4v) is 4.50. The quantitative estimate of drug-likeness (QED) is 0.402. The summed E-state index contributed by atoms with van der Waals surface area (Å²) < 4.78 is 34.6. The minimum absolute atomic E-state index is 0.0713. The van der Waals surface area contributed by atoms with Crippen LogP contribution in [0.2, 0.25) is 0 Å². The van der Waals surface area contributed by atoms with Gasteiger partial charge in [-0.05, 0) is 26.0 Å². The van der Waals surface area contributed by atoms with E-state index in [1.165, 1.54) is 12.7 Å². The SMILES string of the molecule is CC1(C)OC2[C@H](n3cnc4c(NC(=O)c5ccccc5)ncnc43)O[C@](F)(CI)[C@@H]2O1. The number of aromatic nitrogens is 4. The van der Waals surface area contributed by atoms with Gasteiger partial charge in [-0.1, -0.05) is 40.8 Å². The van der Waals surface area contributed by atoms with Crippen LogP contribution >= 0.6 is 22.6 Å². The van der Waals surface area contributed by atoms with E-state index < -0.39 is 30.1 Å². The number of imidazole rings is 1. The van der Waals surface area contributed by atoms with E-state index in [1.807, 2.05) is 28.7 Å². The lowest BCUT2D eigenvalue weighted by molar-refractivity contribution is -0.245. The molecular weight excluding hydrogens is 520 g/mol. The van der Waals surface area contributed by atoms with E-state index in [9.17, 15) is 4.79 Å². The summed E-state index contributed by atoms with van der Waals surface area (Å²) in [5.74, 6) is -3.04. The summed E-state index contributed by atoms with van der Waals surface area (Å²) in [7, 11) is 0. The van der Waals surface area contributed by atoms with Crippen LogP contribution < -0.4 is 5.32 Å². The van der Waals surface area contributed by atoms with E-state index in [0.717, 1.165) is 0 Å².